The molecule has 6 heteroatoms. The lowest BCUT2D eigenvalue weighted by Crippen LogP contribution is -2.30. The number of esters is 3. The minimum Gasteiger partial charge on any atom is -0.462 e. The number of ether oxygens (including phenoxy) is 3. The minimum atomic E-state index is -0.772. The topological polar surface area (TPSA) is 78.9 Å². The SMILES string of the molecule is CCCCCC/C=C\C/C=C\CCCCCCCC(=O)OC(COC(=O)CCCCCCCC)COC(=O)CCCCCCCCCCCCCCCCCCCCCCCCCCCCC. The molecule has 0 aromatic rings. The Morgan fingerprint density at radius 2 is 0.537 bits per heavy atom. The van der Waals surface area contributed by atoms with Gasteiger partial charge in [-0.1, -0.05) is 283 Å². The molecule has 0 fully saturated rings. The van der Waals surface area contributed by atoms with E-state index in [4.69, 9.17) is 14.2 Å². The summed E-state index contributed by atoms with van der Waals surface area (Å²) in [6.45, 7) is 6.60. The van der Waals surface area contributed by atoms with Crippen molar-refractivity contribution in [2.45, 2.75) is 335 Å². The van der Waals surface area contributed by atoms with E-state index in [2.05, 4.69) is 45.1 Å². The molecule has 0 aliphatic carbocycles. The summed E-state index contributed by atoms with van der Waals surface area (Å²) in [5.41, 5.74) is 0. The smallest absolute Gasteiger partial charge is 0.306 e. The van der Waals surface area contributed by atoms with Gasteiger partial charge in [0.05, 0.1) is 0 Å². The van der Waals surface area contributed by atoms with Gasteiger partial charge in [0.1, 0.15) is 13.2 Å². The fraction of sp³-hybridized carbons (Fsp3) is 0.885. The van der Waals surface area contributed by atoms with Crippen LogP contribution in [0.2, 0.25) is 0 Å². The van der Waals surface area contributed by atoms with Gasteiger partial charge in [0, 0.05) is 19.3 Å². The van der Waals surface area contributed by atoms with Crippen molar-refractivity contribution in [3.63, 3.8) is 0 Å². The Kier molecular flexibility index (Phi) is 54.7. The predicted octanol–water partition coefficient (Wildman–Crippen LogP) is 19.9. The zero-order chi connectivity index (χ0) is 48.6. The Bertz CT molecular complexity index is 1080. The molecular weight excluding hydrogens is 829 g/mol. The van der Waals surface area contributed by atoms with E-state index in [1.807, 2.05) is 0 Å². The van der Waals surface area contributed by atoms with E-state index in [-0.39, 0.29) is 31.1 Å². The van der Waals surface area contributed by atoms with Crippen molar-refractivity contribution < 1.29 is 28.6 Å². The molecule has 0 radical (unpaired) electrons. The zero-order valence-electron chi connectivity index (χ0n) is 45.2. The van der Waals surface area contributed by atoms with Crippen LogP contribution in [0.3, 0.4) is 0 Å². The van der Waals surface area contributed by atoms with Gasteiger partial charge < -0.3 is 14.2 Å². The van der Waals surface area contributed by atoms with Crippen LogP contribution >= 0.6 is 0 Å². The number of allylic oxidation sites excluding steroid dienone is 4. The van der Waals surface area contributed by atoms with Gasteiger partial charge in [-0.25, -0.2) is 0 Å². The summed E-state index contributed by atoms with van der Waals surface area (Å²) in [5, 5.41) is 0. The van der Waals surface area contributed by atoms with Crippen LogP contribution in [0.5, 0.6) is 0 Å². The third kappa shape index (κ3) is 54.7. The van der Waals surface area contributed by atoms with E-state index in [0.29, 0.717) is 19.3 Å². The summed E-state index contributed by atoms with van der Waals surface area (Å²) < 4.78 is 16.8. The molecule has 0 spiro atoms. The number of carbonyl (C=O) groups is 3. The Labute approximate surface area is 417 Å². The second-order valence-electron chi connectivity index (χ2n) is 20.3. The number of rotatable bonds is 55. The molecule has 1 unspecified atom stereocenters. The summed E-state index contributed by atoms with van der Waals surface area (Å²) in [4.78, 5) is 37.9. The number of hydrogen-bond donors (Lipinski definition) is 0. The maximum atomic E-state index is 12.8. The van der Waals surface area contributed by atoms with Crippen molar-refractivity contribution in [2.75, 3.05) is 13.2 Å². The highest BCUT2D eigenvalue weighted by Crippen LogP contribution is 2.17. The van der Waals surface area contributed by atoms with Crippen molar-refractivity contribution in [3.05, 3.63) is 24.3 Å². The minimum absolute atomic E-state index is 0.0728. The van der Waals surface area contributed by atoms with Gasteiger partial charge in [0.2, 0.25) is 0 Å². The zero-order valence-corrected chi connectivity index (χ0v) is 45.2. The molecule has 0 saturated heterocycles. The van der Waals surface area contributed by atoms with E-state index < -0.39 is 6.10 Å². The van der Waals surface area contributed by atoms with Gasteiger partial charge in [0.25, 0.3) is 0 Å². The van der Waals surface area contributed by atoms with E-state index in [9.17, 15) is 14.4 Å². The highest BCUT2D eigenvalue weighted by atomic mass is 16.6. The highest BCUT2D eigenvalue weighted by Gasteiger charge is 2.19. The molecule has 67 heavy (non-hydrogen) atoms. The van der Waals surface area contributed by atoms with Crippen LogP contribution in [0.1, 0.15) is 329 Å². The molecule has 0 saturated carbocycles. The first-order valence-corrected chi connectivity index (χ1v) is 29.8. The molecule has 394 valence electrons. The molecule has 0 bridgehead atoms. The van der Waals surface area contributed by atoms with E-state index in [1.54, 1.807) is 0 Å². The summed E-state index contributed by atoms with van der Waals surface area (Å²) in [6.07, 6.45) is 66.5. The maximum absolute atomic E-state index is 12.8. The largest absolute Gasteiger partial charge is 0.462 e. The van der Waals surface area contributed by atoms with Gasteiger partial charge in [-0.15, -0.1) is 0 Å². The average molecular weight is 944 g/mol. The molecule has 0 aromatic heterocycles. The highest BCUT2D eigenvalue weighted by molar-refractivity contribution is 5.71. The Balaban J connectivity index is 4.02. The third-order valence-corrected chi connectivity index (χ3v) is 13.5. The van der Waals surface area contributed by atoms with Crippen LogP contribution in [0.15, 0.2) is 24.3 Å². The molecule has 0 aliphatic heterocycles. The fourth-order valence-electron chi connectivity index (χ4n) is 8.95. The summed E-state index contributed by atoms with van der Waals surface area (Å²) in [5.74, 6) is -0.879. The molecule has 0 heterocycles. The van der Waals surface area contributed by atoms with Crippen molar-refractivity contribution in [1.29, 1.82) is 0 Å². The van der Waals surface area contributed by atoms with E-state index >= 15 is 0 Å². The lowest BCUT2D eigenvalue weighted by atomic mass is 10.0. The summed E-state index contributed by atoms with van der Waals surface area (Å²) >= 11 is 0. The molecular formula is C61H114O6. The number of carbonyl (C=O) groups excluding carboxylic acids is 3. The van der Waals surface area contributed by atoms with Crippen LogP contribution in [0.4, 0.5) is 0 Å². The van der Waals surface area contributed by atoms with Crippen molar-refractivity contribution >= 4 is 17.9 Å². The summed E-state index contributed by atoms with van der Waals surface area (Å²) in [7, 11) is 0. The van der Waals surface area contributed by atoms with Gasteiger partial charge in [0.15, 0.2) is 6.10 Å². The second-order valence-corrected chi connectivity index (χ2v) is 20.3. The van der Waals surface area contributed by atoms with E-state index in [1.165, 1.54) is 212 Å². The van der Waals surface area contributed by atoms with Crippen LogP contribution in [-0.2, 0) is 28.6 Å². The van der Waals surface area contributed by atoms with Gasteiger partial charge in [-0.2, -0.15) is 0 Å². The van der Waals surface area contributed by atoms with Crippen LogP contribution in [-0.4, -0.2) is 37.2 Å². The van der Waals surface area contributed by atoms with Crippen LogP contribution < -0.4 is 0 Å². The molecule has 6 nitrogen and oxygen atoms in total. The molecule has 0 N–H and O–H groups in total. The number of unbranched alkanes of at least 4 members (excludes halogenated alkanes) is 40. The fourth-order valence-corrected chi connectivity index (χ4v) is 8.95. The standard InChI is InChI=1S/C61H114O6/c1-4-7-10-13-16-18-20-22-24-26-27-28-29-30-31-32-33-34-35-36-38-39-41-43-45-48-51-54-60(63)66-57-58(56-65-59(62)53-50-47-15-12-9-6-3)67-61(64)55-52-49-46-44-42-40-37-25-23-21-19-17-14-11-8-5-2/h19,21,25,37,58H,4-18,20,22-24,26-36,38-57H2,1-3H3/b21-19-,37-25-. The second kappa shape index (κ2) is 56.5. The first-order valence-electron chi connectivity index (χ1n) is 29.8. The van der Waals surface area contributed by atoms with Gasteiger partial charge in [-0.05, 0) is 51.4 Å². The van der Waals surface area contributed by atoms with Crippen LogP contribution in [0.25, 0.3) is 0 Å². The number of hydrogen-bond acceptors (Lipinski definition) is 6. The maximum Gasteiger partial charge on any atom is 0.306 e. The molecule has 0 amide bonds. The quantitative estimate of drug-likeness (QED) is 0.0262. The average Bonchev–Trinajstić information content (AvgIpc) is 3.33. The van der Waals surface area contributed by atoms with Crippen LogP contribution in [0, 0.1) is 0 Å². The first-order chi connectivity index (χ1) is 33.0. The monoisotopic (exact) mass is 943 g/mol. The lowest BCUT2D eigenvalue weighted by Gasteiger charge is -2.18. The van der Waals surface area contributed by atoms with Gasteiger partial charge >= 0.3 is 17.9 Å². The predicted molar refractivity (Wildman–Crippen MR) is 289 cm³/mol. The van der Waals surface area contributed by atoms with Crippen molar-refractivity contribution in [1.82, 2.24) is 0 Å². The third-order valence-electron chi connectivity index (χ3n) is 13.5. The Morgan fingerprint density at radius 1 is 0.299 bits per heavy atom. The van der Waals surface area contributed by atoms with Gasteiger partial charge in [-0.3, -0.25) is 14.4 Å². The normalized spacial score (nSPS) is 12.1. The molecule has 0 aromatic carbocycles. The van der Waals surface area contributed by atoms with Crippen molar-refractivity contribution in [2.24, 2.45) is 0 Å². The first kappa shape index (κ1) is 64.9. The van der Waals surface area contributed by atoms with E-state index in [0.717, 1.165) is 77.0 Å². The summed E-state index contributed by atoms with van der Waals surface area (Å²) in [6, 6.07) is 0. The Hall–Kier alpha value is -2.11. The lowest BCUT2D eigenvalue weighted by molar-refractivity contribution is -0.167. The Morgan fingerprint density at radius 3 is 0.836 bits per heavy atom. The molecule has 0 rings (SSSR count). The molecule has 0 aliphatic rings. The van der Waals surface area contributed by atoms with Crippen molar-refractivity contribution in [3.8, 4) is 0 Å². The molecule has 1 atom stereocenters.